The highest BCUT2D eigenvalue weighted by atomic mass is 15.5. The average Bonchev–Trinajstić information content (AvgIpc) is 2.09. The zero-order valence-electron chi connectivity index (χ0n) is 9.80. The van der Waals surface area contributed by atoms with E-state index in [1.54, 1.807) is 0 Å². The second kappa shape index (κ2) is 2.50. The number of nitrogens with zero attached hydrogens (tertiary/aromatic N) is 1. The molecule has 2 aliphatic heterocycles. The van der Waals surface area contributed by atoms with Crippen LogP contribution in [-0.4, -0.2) is 29.7 Å². The van der Waals surface area contributed by atoms with Gasteiger partial charge in [-0.15, -0.1) is 0 Å². The SMILES string of the molecule is CC(C)C1CC(C)(C)[N+]2(C)CCC12. The van der Waals surface area contributed by atoms with E-state index in [0.29, 0.717) is 5.54 Å². The summed E-state index contributed by atoms with van der Waals surface area (Å²) < 4.78 is 1.36. The van der Waals surface area contributed by atoms with Crippen molar-refractivity contribution < 1.29 is 4.48 Å². The molecule has 2 fully saturated rings. The molecule has 0 N–H and O–H groups in total. The van der Waals surface area contributed by atoms with Gasteiger partial charge in [-0.3, -0.25) is 0 Å². The molecule has 0 radical (unpaired) electrons. The number of rotatable bonds is 1. The van der Waals surface area contributed by atoms with Crippen LogP contribution in [0.5, 0.6) is 0 Å². The predicted molar refractivity (Wildman–Crippen MR) is 56.5 cm³/mol. The fourth-order valence-corrected chi connectivity index (χ4v) is 3.66. The van der Waals surface area contributed by atoms with Gasteiger partial charge in [-0.1, -0.05) is 13.8 Å². The highest BCUT2D eigenvalue weighted by Crippen LogP contribution is 2.52. The van der Waals surface area contributed by atoms with Crippen molar-refractivity contribution in [1.29, 1.82) is 0 Å². The Bertz CT molecular complexity index is 219. The topological polar surface area (TPSA) is 0 Å². The van der Waals surface area contributed by atoms with Gasteiger partial charge in [-0.05, 0) is 19.8 Å². The summed E-state index contributed by atoms with van der Waals surface area (Å²) in [5.74, 6) is 1.86. The van der Waals surface area contributed by atoms with Crippen molar-refractivity contribution >= 4 is 0 Å². The minimum atomic E-state index is 0.540. The molecular formula is C12H24N+. The van der Waals surface area contributed by atoms with E-state index in [9.17, 15) is 0 Å². The van der Waals surface area contributed by atoms with Crippen molar-refractivity contribution in [1.82, 2.24) is 0 Å². The molecule has 0 aromatic rings. The van der Waals surface area contributed by atoms with Gasteiger partial charge >= 0.3 is 0 Å². The third kappa shape index (κ3) is 1.03. The lowest BCUT2D eigenvalue weighted by Crippen LogP contribution is -2.67. The molecule has 2 rings (SSSR count). The molecule has 13 heavy (non-hydrogen) atoms. The smallest absolute Gasteiger partial charge is 0.0980 e. The highest BCUT2D eigenvalue weighted by Gasteiger charge is 2.62. The van der Waals surface area contributed by atoms with Gasteiger partial charge in [-0.2, -0.15) is 0 Å². The molecule has 3 atom stereocenters. The van der Waals surface area contributed by atoms with E-state index in [4.69, 9.17) is 0 Å². The third-order valence-electron chi connectivity index (χ3n) is 5.09. The van der Waals surface area contributed by atoms with Crippen LogP contribution in [0.25, 0.3) is 0 Å². The molecule has 0 amide bonds. The van der Waals surface area contributed by atoms with Gasteiger partial charge in [0.1, 0.15) is 0 Å². The zero-order chi connectivity index (χ0) is 9.85. The van der Waals surface area contributed by atoms with Crippen LogP contribution in [0.15, 0.2) is 0 Å². The monoisotopic (exact) mass is 182 g/mol. The fourth-order valence-electron chi connectivity index (χ4n) is 3.66. The highest BCUT2D eigenvalue weighted by molar-refractivity contribution is 4.95. The Morgan fingerprint density at radius 3 is 2.15 bits per heavy atom. The van der Waals surface area contributed by atoms with E-state index in [1.807, 2.05) is 0 Å². The normalized spacial score (nSPS) is 47.5. The number of quaternary nitrogens is 1. The van der Waals surface area contributed by atoms with E-state index in [2.05, 4.69) is 34.7 Å². The van der Waals surface area contributed by atoms with Gasteiger partial charge in [-0.25, -0.2) is 0 Å². The Hall–Kier alpha value is -0.0400. The van der Waals surface area contributed by atoms with Crippen LogP contribution in [-0.2, 0) is 0 Å². The van der Waals surface area contributed by atoms with Crippen LogP contribution >= 0.6 is 0 Å². The second-order valence-corrected chi connectivity index (χ2v) is 6.27. The summed E-state index contributed by atoms with van der Waals surface area (Å²) in [5.41, 5.74) is 0.540. The van der Waals surface area contributed by atoms with Gasteiger partial charge in [0.05, 0.1) is 25.2 Å². The first-order chi connectivity index (χ1) is 5.88. The average molecular weight is 182 g/mol. The predicted octanol–water partition coefficient (Wildman–Crippen LogP) is 2.66. The minimum Gasteiger partial charge on any atom is -0.319 e. The molecule has 2 saturated heterocycles. The summed E-state index contributed by atoms with van der Waals surface area (Å²) in [6.07, 6.45) is 2.91. The zero-order valence-corrected chi connectivity index (χ0v) is 9.80. The Morgan fingerprint density at radius 1 is 1.31 bits per heavy atom. The number of hydrogen-bond donors (Lipinski definition) is 0. The molecule has 1 nitrogen and oxygen atoms in total. The molecule has 2 aliphatic rings. The number of fused-ring (bicyclic) bond motifs is 1. The summed E-state index contributed by atoms with van der Waals surface area (Å²) in [5, 5.41) is 0. The Morgan fingerprint density at radius 2 is 1.92 bits per heavy atom. The Balaban J connectivity index is 2.24. The van der Waals surface area contributed by atoms with Crippen LogP contribution in [0.2, 0.25) is 0 Å². The van der Waals surface area contributed by atoms with E-state index in [-0.39, 0.29) is 0 Å². The van der Waals surface area contributed by atoms with Crippen molar-refractivity contribution in [2.75, 3.05) is 13.6 Å². The summed E-state index contributed by atoms with van der Waals surface area (Å²) in [6.45, 7) is 11.1. The van der Waals surface area contributed by atoms with E-state index < -0.39 is 0 Å². The second-order valence-electron chi connectivity index (χ2n) is 6.27. The maximum absolute atomic E-state index is 2.47. The molecule has 0 spiro atoms. The fraction of sp³-hybridized carbons (Fsp3) is 1.00. The first kappa shape index (κ1) is 9.51. The first-order valence-electron chi connectivity index (χ1n) is 5.74. The molecule has 0 aromatic heterocycles. The molecule has 0 aromatic carbocycles. The van der Waals surface area contributed by atoms with E-state index in [1.165, 1.54) is 23.9 Å². The van der Waals surface area contributed by atoms with Gasteiger partial charge in [0, 0.05) is 18.8 Å². The molecule has 0 aliphatic carbocycles. The van der Waals surface area contributed by atoms with Crippen molar-refractivity contribution in [3.05, 3.63) is 0 Å². The van der Waals surface area contributed by atoms with Gasteiger partial charge in [0.2, 0.25) is 0 Å². The standard InChI is InChI=1S/C12H24N/c1-9(2)10-8-12(3,4)13(5)7-6-11(10)13/h9-11H,6-8H2,1-5H3/q+1. The maximum atomic E-state index is 2.47. The molecule has 1 heteroatoms. The summed E-state index contributed by atoms with van der Waals surface area (Å²) in [7, 11) is 2.47. The molecule has 0 bridgehead atoms. The van der Waals surface area contributed by atoms with E-state index in [0.717, 1.165) is 17.9 Å². The van der Waals surface area contributed by atoms with Crippen molar-refractivity contribution in [2.45, 2.75) is 52.1 Å². The summed E-state index contributed by atoms with van der Waals surface area (Å²) in [6, 6.07) is 0.981. The van der Waals surface area contributed by atoms with Crippen molar-refractivity contribution in [2.24, 2.45) is 11.8 Å². The Labute approximate surface area is 82.7 Å². The van der Waals surface area contributed by atoms with Crippen molar-refractivity contribution in [3.8, 4) is 0 Å². The lowest BCUT2D eigenvalue weighted by atomic mass is 9.83. The largest absolute Gasteiger partial charge is 0.319 e. The van der Waals surface area contributed by atoms with Crippen LogP contribution in [0, 0.1) is 11.8 Å². The van der Waals surface area contributed by atoms with Gasteiger partial charge < -0.3 is 4.48 Å². The molecule has 76 valence electrons. The maximum Gasteiger partial charge on any atom is 0.0980 e. The Kier molecular flexibility index (Phi) is 1.83. The molecule has 3 unspecified atom stereocenters. The quantitative estimate of drug-likeness (QED) is 0.547. The first-order valence-corrected chi connectivity index (χ1v) is 5.74. The van der Waals surface area contributed by atoms with E-state index >= 15 is 0 Å². The van der Waals surface area contributed by atoms with Crippen LogP contribution in [0.1, 0.15) is 40.5 Å². The summed E-state index contributed by atoms with van der Waals surface area (Å²) in [4.78, 5) is 0. The summed E-state index contributed by atoms with van der Waals surface area (Å²) >= 11 is 0. The third-order valence-corrected chi connectivity index (χ3v) is 5.09. The lowest BCUT2D eigenvalue weighted by Gasteiger charge is -2.54. The van der Waals surface area contributed by atoms with Gasteiger partial charge in [0.25, 0.3) is 0 Å². The molecule has 0 saturated carbocycles. The van der Waals surface area contributed by atoms with Crippen LogP contribution in [0.4, 0.5) is 0 Å². The van der Waals surface area contributed by atoms with Crippen molar-refractivity contribution in [3.63, 3.8) is 0 Å². The number of hydrogen-bond acceptors (Lipinski definition) is 0. The molecular weight excluding hydrogens is 158 g/mol. The molecule has 2 heterocycles. The van der Waals surface area contributed by atoms with Crippen LogP contribution in [0.3, 0.4) is 0 Å². The van der Waals surface area contributed by atoms with Gasteiger partial charge in [0.15, 0.2) is 0 Å². The lowest BCUT2D eigenvalue weighted by molar-refractivity contribution is -1.00. The van der Waals surface area contributed by atoms with Crippen LogP contribution < -0.4 is 0 Å². The minimum absolute atomic E-state index is 0.540.